The van der Waals surface area contributed by atoms with Crippen LogP contribution in [0, 0.1) is 0 Å². The van der Waals surface area contributed by atoms with Gasteiger partial charge in [-0.2, -0.15) is 0 Å². The number of amides is 1. The van der Waals surface area contributed by atoms with Crippen LogP contribution in [0.4, 0.5) is 5.69 Å². The molecule has 0 unspecified atom stereocenters. The average Bonchev–Trinajstić information content (AvgIpc) is 2.96. The first kappa shape index (κ1) is 15.3. The lowest BCUT2D eigenvalue weighted by Crippen LogP contribution is -2.19. The molecule has 0 spiro atoms. The van der Waals surface area contributed by atoms with E-state index in [0.717, 1.165) is 4.47 Å². The van der Waals surface area contributed by atoms with Gasteiger partial charge in [0.05, 0.1) is 12.8 Å². The fourth-order valence-electron chi connectivity index (χ4n) is 1.69. The number of nitrogens with one attached hydrogen (secondary N) is 1. The van der Waals surface area contributed by atoms with Gasteiger partial charge >= 0.3 is 0 Å². The maximum absolute atomic E-state index is 12.3. The van der Waals surface area contributed by atoms with Crippen molar-refractivity contribution in [3.05, 3.63) is 44.6 Å². The van der Waals surface area contributed by atoms with Gasteiger partial charge in [0.15, 0.2) is 5.84 Å². The van der Waals surface area contributed by atoms with Crippen LogP contribution in [-0.4, -0.2) is 24.1 Å². The zero-order valence-electron chi connectivity index (χ0n) is 11.0. The van der Waals surface area contributed by atoms with Crippen molar-refractivity contribution in [3.8, 4) is 5.75 Å². The van der Waals surface area contributed by atoms with Crippen molar-refractivity contribution in [2.45, 2.75) is 0 Å². The fraction of sp³-hybridized carbons (Fsp3) is 0.0769. The van der Waals surface area contributed by atoms with E-state index in [0.29, 0.717) is 21.9 Å². The molecule has 6 nitrogen and oxygen atoms in total. The number of nitrogens with zero attached hydrogens (tertiary/aromatic N) is 1. The molecule has 2 aromatic rings. The van der Waals surface area contributed by atoms with Gasteiger partial charge in [-0.1, -0.05) is 21.1 Å². The molecular formula is C13H12BrN3O3S. The van der Waals surface area contributed by atoms with Crippen molar-refractivity contribution in [1.82, 2.24) is 0 Å². The quantitative estimate of drug-likeness (QED) is 0.334. The summed E-state index contributed by atoms with van der Waals surface area (Å²) in [5, 5.41) is 16.3. The van der Waals surface area contributed by atoms with E-state index in [2.05, 4.69) is 26.4 Å². The van der Waals surface area contributed by atoms with Crippen LogP contribution in [0.15, 0.2) is 39.3 Å². The summed E-state index contributed by atoms with van der Waals surface area (Å²) in [6.45, 7) is 0. The van der Waals surface area contributed by atoms with Crippen molar-refractivity contribution in [1.29, 1.82) is 0 Å². The van der Waals surface area contributed by atoms with Crippen LogP contribution >= 0.6 is 27.3 Å². The van der Waals surface area contributed by atoms with Crippen molar-refractivity contribution in [2.75, 3.05) is 12.4 Å². The molecule has 0 atom stereocenters. The number of oxime groups is 1. The minimum Gasteiger partial charge on any atom is -0.495 e. The largest absolute Gasteiger partial charge is 0.495 e. The minimum atomic E-state index is -0.323. The van der Waals surface area contributed by atoms with Crippen molar-refractivity contribution >= 4 is 44.7 Å². The molecule has 0 aliphatic heterocycles. The third kappa shape index (κ3) is 3.34. The van der Waals surface area contributed by atoms with Gasteiger partial charge in [0.1, 0.15) is 10.6 Å². The number of carbonyl (C=O) groups is 1. The predicted octanol–water partition coefficient (Wildman–Crippen LogP) is 2.87. The van der Waals surface area contributed by atoms with Crippen molar-refractivity contribution in [2.24, 2.45) is 10.9 Å². The van der Waals surface area contributed by atoms with E-state index in [9.17, 15) is 4.79 Å². The minimum absolute atomic E-state index is 0.0928. The Labute approximate surface area is 133 Å². The first-order chi connectivity index (χ1) is 10.1. The van der Waals surface area contributed by atoms with Gasteiger partial charge in [-0.05, 0) is 29.6 Å². The topological polar surface area (TPSA) is 96.9 Å². The summed E-state index contributed by atoms with van der Waals surface area (Å²) in [7, 11) is 1.50. The molecule has 1 heterocycles. The van der Waals surface area contributed by atoms with E-state index >= 15 is 0 Å². The molecule has 1 aromatic heterocycles. The van der Waals surface area contributed by atoms with Gasteiger partial charge in [-0.15, -0.1) is 11.3 Å². The molecule has 0 bridgehead atoms. The van der Waals surface area contributed by atoms with Gasteiger partial charge in [-0.3, -0.25) is 4.79 Å². The monoisotopic (exact) mass is 369 g/mol. The first-order valence-corrected chi connectivity index (χ1v) is 7.44. The van der Waals surface area contributed by atoms with Crippen LogP contribution in [0.2, 0.25) is 0 Å². The van der Waals surface area contributed by atoms with E-state index in [1.54, 1.807) is 29.6 Å². The number of hydrogen-bond acceptors (Lipinski definition) is 5. The number of carbonyl (C=O) groups excluding carboxylic acids is 1. The predicted molar refractivity (Wildman–Crippen MR) is 85.5 cm³/mol. The molecule has 4 N–H and O–H groups in total. The number of methoxy groups -OCH3 is 1. The third-order valence-electron chi connectivity index (χ3n) is 2.67. The van der Waals surface area contributed by atoms with Gasteiger partial charge < -0.3 is 21.0 Å². The highest BCUT2D eigenvalue weighted by Crippen LogP contribution is 2.27. The zero-order valence-corrected chi connectivity index (χ0v) is 13.4. The second-order valence-corrected chi connectivity index (χ2v) is 5.78. The molecule has 8 heteroatoms. The Hall–Kier alpha value is -2.06. The van der Waals surface area contributed by atoms with Crippen LogP contribution in [0.1, 0.15) is 15.2 Å². The maximum Gasteiger partial charge on any atom is 0.269 e. The molecule has 0 saturated carbocycles. The number of halogens is 1. The van der Waals surface area contributed by atoms with Gasteiger partial charge in [0.25, 0.3) is 5.91 Å². The summed E-state index contributed by atoms with van der Waals surface area (Å²) in [6, 6.07) is 6.77. The Bertz CT molecular complexity index is 700. The number of rotatable bonds is 4. The summed E-state index contributed by atoms with van der Waals surface area (Å²) in [5.41, 5.74) is 6.47. The van der Waals surface area contributed by atoms with E-state index in [1.165, 1.54) is 18.4 Å². The highest BCUT2D eigenvalue weighted by Gasteiger charge is 2.16. The van der Waals surface area contributed by atoms with E-state index in [-0.39, 0.29) is 11.7 Å². The van der Waals surface area contributed by atoms with Crippen LogP contribution < -0.4 is 15.8 Å². The second-order valence-electron chi connectivity index (χ2n) is 3.95. The van der Waals surface area contributed by atoms with Gasteiger partial charge in [0, 0.05) is 10.0 Å². The molecule has 1 aromatic carbocycles. The molecule has 0 aliphatic carbocycles. The lowest BCUT2D eigenvalue weighted by atomic mass is 10.1. The zero-order chi connectivity index (χ0) is 15.4. The summed E-state index contributed by atoms with van der Waals surface area (Å²) in [6.07, 6.45) is 0. The Kier molecular flexibility index (Phi) is 4.81. The van der Waals surface area contributed by atoms with E-state index in [1.807, 2.05) is 0 Å². The summed E-state index contributed by atoms with van der Waals surface area (Å²) in [5.74, 6) is 0.0841. The number of anilines is 1. The Morgan fingerprint density at radius 1 is 1.48 bits per heavy atom. The van der Waals surface area contributed by atoms with Gasteiger partial charge in [0.2, 0.25) is 0 Å². The normalized spacial score (nSPS) is 11.2. The maximum atomic E-state index is 12.3. The van der Waals surface area contributed by atoms with Crippen LogP contribution in [0.3, 0.4) is 0 Å². The van der Waals surface area contributed by atoms with Crippen molar-refractivity contribution < 1.29 is 14.7 Å². The number of hydrogen-bond donors (Lipinski definition) is 3. The van der Waals surface area contributed by atoms with E-state index < -0.39 is 0 Å². The third-order valence-corrected chi connectivity index (χ3v) is 4.06. The molecule has 21 heavy (non-hydrogen) atoms. The van der Waals surface area contributed by atoms with E-state index in [4.69, 9.17) is 15.7 Å². The molecule has 1 amide bonds. The molecule has 0 radical (unpaired) electrons. The number of ether oxygens (including phenoxy) is 1. The Balaban J connectivity index is 2.34. The highest BCUT2D eigenvalue weighted by atomic mass is 79.9. The number of amidine groups is 1. The molecule has 2 rings (SSSR count). The first-order valence-electron chi connectivity index (χ1n) is 5.77. The lowest BCUT2D eigenvalue weighted by molar-refractivity contribution is 0.102. The summed E-state index contributed by atoms with van der Waals surface area (Å²) in [4.78, 5) is 12.7. The summed E-state index contributed by atoms with van der Waals surface area (Å²) < 4.78 is 5.86. The molecule has 0 fully saturated rings. The number of thiophene rings is 1. The fourth-order valence-corrected chi connectivity index (χ4v) is 2.81. The van der Waals surface area contributed by atoms with Crippen molar-refractivity contribution in [3.63, 3.8) is 0 Å². The standard InChI is InChI=1S/C13H12BrN3O3S/c1-20-10-4-5-21-11(10)13(18)16-9-3-2-7(14)6-8(9)12(15)17-19/h2-6,19H,1H3,(H2,15,17)(H,16,18). The molecular weight excluding hydrogens is 358 g/mol. The van der Waals surface area contributed by atoms with Gasteiger partial charge in [-0.25, -0.2) is 0 Å². The average molecular weight is 370 g/mol. The van der Waals surface area contributed by atoms with Crippen LogP contribution in [-0.2, 0) is 0 Å². The molecule has 0 saturated heterocycles. The highest BCUT2D eigenvalue weighted by molar-refractivity contribution is 9.10. The molecule has 0 aliphatic rings. The SMILES string of the molecule is COc1ccsc1C(=O)Nc1ccc(Br)cc1/C(N)=N/O. The van der Waals surface area contributed by atoms with Crippen LogP contribution in [0.5, 0.6) is 5.75 Å². The second kappa shape index (κ2) is 6.59. The number of benzene rings is 1. The lowest BCUT2D eigenvalue weighted by Gasteiger charge is -2.10. The smallest absolute Gasteiger partial charge is 0.269 e. The summed E-state index contributed by atoms with van der Waals surface area (Å²) >= 11 is 4.57. The van der Waals surface area contributed by atoms with Crippen LogP contribution in [0.25, 0.3) is 0 Å². The molecule has 110 valence electrons. The number of nitrogens with two attached hydrogens (primary N) is 1. The Morgan fingerprint density at radius 2 is 2.24 bits per heavy atom. The Morgan fingerprint density at radius 3 is 2.90 bits per heavy atom.